The van der Waals surface area contributed by atoms with Crippen molar-refractivity contribution in [3.8, 4) is 11.4 Å². The van der Waals surface area contributed by atoms with Crippen LogP contribution < -0.4 is 5.32 Å². The molecule has 0 amide bonds. The van der Waals surface area contributed by atoms with Gasteiger partial charge < -0.3 is 5.32 Å². The Morgan fingerprint density at radius 3 is 2.74 bits per heavy atom. The summed E-state index contributed by atoms with van der Waals surface area (Å²) < 4.78 is 26.9. The first kappa shape index (κ1) is 17.6. The average Bonchev–Trinajstić information content (AvgIpc) is 2.70. The minimum Gasteiger partial charge on any atom is -0.311 e. The molecular weight excluding hydrogens is 376 g/mol. The molecule has 0 unspecified atom stereocenters. The first-order valence-corrected chi connectivity index (χ1v) is 8.48. The van der Waals surface area contributed by atoms with Crippen LogP contribution in [0.2, 0.25) is 5.02 Å². The van der Waals surface area contributed by atoms with Crippen molar-refractivity contribution in [2.75, 3.05) is 6.54 Å². The van der Waals surface area contributed by atoms with E-state index in [0.717, 1.165) is 24.2 Å². The Bertz CT molecular complexity index is 1050. The number of hydrogen-bond donors (Lipinski definition) is 1. The summed E-state index contributed by atoms with van der Waals surface area (Å²) in [6.07, 6.45) is 5.27. The highest BCUT2D eigenvalue weighted by atomic mass is 35.5. The monoisotopic (exact) mass is 387 g/mol. The molecule has 1 aliphatic rings. The zero-order chi connectivity index (χ0) is 19.0. The molecule has 0 aliphatic carbocycles. The second kappa shape index (κ2) is 7.05. The summed E-state index contributed by atoms with van der Waals surface area (Å²) >= 11 is 5.93. The average molecular weight is 388 g/mol. The molecule has 27 heavy (non-hydrogen) atoms. The molecule has 0 saturated heterocycles. The molecule has 1 aromatic carbocycles. The van der Waals surface area contributed by atoms with E-state index in [1.807, 2.05) is 0 Å². The smallest absolute Gasteiger partial charge is 0.231 e. The third-order valence-electron chi connectivity index (χ3n) is 4.20. The molecule has 1 aliphatic heterocycles. The molecule has 4 rings (SSSR count). The molecule has 0 bridgehead atoms. The number of carbonyl (C=O) groups is 1. The van der Waals surface area contributed by atoms with E-state index in [4.69, 9.17) is 11.6 Å². The zero-order valence-electron chi connectivity index (χ0n) is 13.8. The Kier molecular flexibility index (Phi) is 4.59. The predicted octanol–water partition coefficient (Wildman–Crippen LogP) is 2.74. The lowest BCUT2D eigenvalue weighted by Crippen LogP contribution is -2.27. The van der Waals surface area contributed by atoms with Gasteiger partial charge in [-0.2, -0.15) is 0 Å². The number of aromatic nitrogens is 4. The maximum atomic E-state index is 13.6. The highest BCUT2D eigenvalue weighted by Gasteiger charge is 2.24. The highest BCUT2D eigenvalue weighted by molar-refractivity contribution is 6.34. The molecule has 136 valence electrons. The lowest BCUT2D eigenvalue weighted by atomic mass is 10.0. The number of rotatable bonds is 3. The van der Waals surface area contributed by atoms with Crippen LogP contribution in [-0.4, -0.2) is 32.3 Å². The molecule has 0 spiro atoms. The SMILES string of the molecule is O=C(c1nc2c(c(-c3cnccn3)n1)CCNC2)c1cc(F)c(F)cc1Cl. The van der Waals surface area contributed by atoms with Crippen LogP contribution in [0.25, 0.3) is 11.4 Å². The summed E-state index contributed by atoms with van der Waals surface area (Å²) in [5.41, 5.74) is 2.32. The topological polar surface area (TPSA) is 80.7 Å². The summed E-state index contributed by atoms with van der Waals surface area (Å²) in [5, 5.41) is 2.97. The third kappa shape index (κ3) is 3.29. The Labute approximate surface area is 157 Å². The van der Waals surface area contributed by atoms with Crippen molar-refractivity contribution in [3.63, 3.8) is 0 Å². The second-order valence-corrected chi connectivity index (χ2v) is 6.32. The van der Waals surface area contributed by atoms with E-state index in [2.05, 4.69) is 25.3 Å². The number of nitrogens with zero attached hydrogens (tertiary/aromatic N) is 4. The van der Waals surface area contributed by atoms with Gasteiger partial charge in [0.05, 0.1) is 22.6 Å². The first-order chi connectivity index (χ1) is 13.0. The second-order valence-electron chi connectivity index (χ2n) is 5.91. The Balaban J connectivity index is 1.87. The van der Waals surface area contributed by atoms with Crippen LogP contribution in [0.15, 0.2) is 30.7 Å². The van der Waals surface area contributed by atoms with Crippen LogP contribution in [0.4, 0.5) is 8.78 Å². The fourth-order valence-electron chi connectivity index (χ4n) is 2.91. The van der Waals surface area contributed by atoms with Gasteiger partial charge in [-0.25, -0.2) is 18.7 Å². The van der Waals surface area contributed by atoms with Gasteiger partial charge in [-0.05, 0) is 25.1 Å². The molecule has 2 aromatic heterocycles. The quantitative estimate of drug-likeness (QED) is 0.550. The van der Waals surface area contributed by atoms with Crippen molar-refractivity contribution in [1.82, 2.24) is 25.3 Å². The number of ketones is 1. The van der Waals surface area contributed by atoms with E-state index in [-0.39, 0.29) is 16.4 Å². The number of nitrogens with one attached hydrogen (secondary N) is 1. The molecule has 0 atom stereocenters. The van der Waals surface area contributed by atoms with Crippen molar-refractivity contribution < 1.29 is 13.6 Å². The molecule has 0 radical (unpaired) electrons. The van der Waals surface area contributed by atoms with E-state index in [9.17, 15) is 13.6 Å². The lowest BCUT2D eigenvalue weighted by Gasteiger charge is -2.19. The van der Waals surface area contributed by atoms with Crippen LogP contribution >= 0.6 is 11.6 Å². The summed E-state index contributed by atoms with van der Waals surface area (Å²) in [6, 6.07) is 1.51. The van der Waals surface area contributed by atoms with Gasteiger partial charge >= 0.3 is 0 Å². The van der Waals surface area contributed by atoms with E-state index in [0.29, 0.717) is 30.0 Å². The van der Waals surface area contributed by atoms with Crippen LogP contribution in [0.5, 0.6) is 0 Å². The third-order valence-corrected chi connectivity index (χ3v) is 4.51. The van der Waals surface area contributed by atoms with Gasteiger partial charge in [-0.3, -0.25) is 14.8 Å². The minimum absolute atomic E-state index is 0.161. The molecule has 3 heterocycles. The Morgan fingerprint density at radius 2 is 1.96 bits per heavy atom. The predicted molar refractivity (Wildman–Crippen MR) is 93.3 cm³/mol. The van der Waals surface area contributed by atoms with Crippen molar-refractivity contribution in [2.24, 2.45) is 0 Å². The van der Waals surface area contributed by atoms with Gasteiger partial charge in [0.25, 0.3) is 0 Å². The van der Waals surface area contributed by atoms with Gasteiger partial charge in [-0.15, -0.1) is 0 Å². The van der Waals surface area contributed by atoms with E-state index in [1.165, 1.54) is 12.4 Å². The molecule has 0 saturated carbocycles. The molecule has 6 nitrogen and oxygen atoms in total. The van der Waals surface area contributed by atoms with Gasteiger partial charge in [-0.1, -0.05) is 11.6 Å². The Hall–Kier alpha value is -2.84. The van der Waals surface area contributed by atoms with Gasteiger partial charge in [0.1, 0.15) is 5.69 Å². The van der Waals surface area contributed by atoms with Gasteiger partial charge in [0.2, 0.25) is 11.6 Å². The normalized spacial score (nSPS) is 13.3. The van der Waals surface area contributed by atoms with E-state index in [1.54, 1.807) is 6.20 Å². The minimum atomic E-state index is -1.17. The molecule has 1 N–H and O–H groups in total. The molecule has 3 aromatic rings. The van der Waals surface area contributed by atoms with Gasteiger partial charge in [0.15, 0.2) is 11.6 Å². The fourth-order valence-corrected chi connectivity index (χ4v) is 3.15. The summed E-state index contributed by atoms with van der Waals surface area (Å²) in [6.45, 7) is 1.20. The number of benzene rings is 1. The zero-order valence-corrected chi connectivity index (χ0v) is 14.6. The highest BCUT2D eigenvalue weighted by Crippen LogP contribution is 2.27. The summed E-state index contributed by atoms with van der Waals surface area (Å²) in [4.78, 5) is 29.8. The van der Waals surface area contributed by atoms with Crippen molar-refractivity contribution >= 4 is 17.4 Å². The molecule has 0 fully saturated rings. The van der Waals surface area contributed by atoms with Crippen molar-refractivity contribution in [2.45, 2.75) is 13.0 Å². The van der Waals surface area contributed by atoms with E-state index >= 15 is 0 Å². The van der Waals surface area contributed by atoms with Crippen LogP contribution in [-0.2, 0) is 13.0 Å². The Morgan fingerprint density at radius 1 is 1.15 bits per heavy atom. The number of fused-ring (bicyclic) bond motifs is 1. The lowest BCUT2D eigenvalue weighted by molar-refractivity contribution is 0.102. The van der Waals surface area contributed by atoms with Crippen LogP contribution in [0, 0.1) is 11.6 Å². The molecule has 9 heteroatoms. The van der Waals surface area contributed by atoms with Gasteiger partial charge in [0, 0.05) is 30.1 Å². The summed E-state index contributed by atoms with van der Waals surface area (Å²) in [5.74, 6) is -3.16. The number of hydrogen-bond acceptors (Lipinski definition) is 6. The first-order valence-electron chi connectivity index (χ1n) is 8.10. The van der Waals surface area contributed by atoms with Crippen molar-refractivity contribution in [1.29, 1.82) is 0 Å². The van der Waals surface area contributed by atoms with Crippen LogP contribution in [0.3, 0.4) is 0 Å². The van der Waals surface area contributed by atoms with Crippen molar-refractivity contribution in [3.05, 3.63) is 70.0 Å². The van der Waals surface area contributed by atoms with E-state index < -0.39 is 17.4 Å². The fraction of sp³-hybridized carbons (Fsp3) is 0.167. The largest absolute Gasteiger partial charge is 0.311 e. The number of carbonyl (C=O) groups excluding carboxylic acids is 1. The maximum absolute atomic E-state index is 13.6. The number of halogens is 3. The molecular formula is C18H12ClF2N5O. The maximum Gasteiger partial charge on any atom is 0.231 e. The standard InChI is InChI=1S/C18H12ClF2N5O/c19-11-6-13(21)12(20)5-10(11)17(27)18-25-14-7-22-2-1-9(14)16(26-18)15-8-23-3-4-24-15/h3-6,8,22H,1-2,7H2. The van der Waals surface area contributed by atoms with Crippen LogP contribution in [0.1, 0.15) is 27.4 Å². The summed E-state index contributed by atoms with van der Waals surface area (Å²) in [7, 11) is 0.